The van der Waals surface area contributed by atoms with Crippen molar-refractivity contribution < 1.29 is 9.52 Å². The molecule has 3 aromatic rings. The first-order valence-electron chi connectivity index (χ1n) is 6.30. The summed E-state index contributed by atoms with van der Waals surface area (Å²) in [6.45, 7) is 1.80. The number of hydrogen-bond acceptors (Lipinski definition) is 7. The maximum Gasteiger partial charge on any atom is 0.227 e. The van der Waals surface area contributed by atoms with Crippen LogP contribution in [0.2, 0.25) is 0 Å². The number of aliphatic hydroxyl groups excluding tert-OH is 1. The summed E-state index contributed by atoms with van der Waals surface area (Å²) in [6.07, 6.45) is 0. The molecule has 0 atom stereocenters. The summed E-state index contributed by atoms with van der Waals surface area (Å²) >= 11 is 3.14. The van der Waals surface area contributed by atoms with Crippen molar-refractivity contribution in [2.75, 3.05) is 0 Å². The fraction of sp³-hybridized carbons (Fsp3) is 0.308. The van der Waals surface area contributed by atoms with E-state index in [4.69, 9.17) is 9.52 Å². The van der Waals surface area contributed by atoms with Crippen molar-refractivity contribution in [3.8, 4) is 11.5 Å². The Morgan fingerprint density at radius 2 is 2.29 bits per heavy atom. The summed E-state index contributed by atoms with van der Waals surface area (Å²) in [5.74, 6) is 2.66. The summed E-state index contributed by atoms with van der Waals surface area (Å²) in [7, 11) is 1.83. The molecular formula is C13H14N4O2S2. The van der Waals surface area contributed by atoms with Gasteiger partial charge >= 0.3 is 0 Å². The van der Waals surface area contributed by atoms with Gasteiger partial charge in [-0.2, -0.15) is 11.3 Å². The smallest absolute Gasteiger partial charge is 0.227 e. The number of thiophene rings is 1. The predicted octanol–water partition coefficient (Wildman–Crippen LogP) is 2.62. The van der Waals surface area contributed by atoms with E-state index >= 15 is 0 Å². The van der Waals surface area contributed by atoms with Gasteiger partial charge in [-0.25, -0.2) is 4.98 Å². The van der Waals surface area contributed by atoms with Gasteiger partial charge in [-0.1, -0.05) is 11.8 Å². The Kier molecular flexibility index (Phi) is 4.09. The van der Waals surface area contributed by atoms with Gasteiger partial charge in [0.25, 0.3) is 0 Å². The second kappa shape index (κ2) is 6.00. The van der Waals surface area contributed by atoms with Gasteiger partial charge < -0.3 is 14.1 Å². The molecule has 0 radical (unpaired) electrons. The molecule has 0 amide bonds. The van der Waals surface area contributed by atoms with E-state index in [-0.39, 0.29) is 6.61 Å². The van der Waals surface area contributed by atoms with Gasteiger partial charge in [-0.15, -0.1) is 10.2 Å². The molecule has 3 rings (SSSR count). The minimum Gasteiger partial charge on any atom is -0.441 e. The second-order valence-corrected chi connectivity index (χ2v) is 6.16. The fourth-order valence-corrected chi connectivity index (χ4v) is 3.37. The Hall–Kier alpha value is -1.64. The third-order valence-electron chi connectivity index (χ3n) is 3.07. The van der Waals surface area contributed by atoms with E-state index in [2.05, 4.69) is 15.2 Å². The molecule has 3 heterocycles. The molecule has 21 heavy (non-hydrogen) atoms. The highest BCUT2D eigenvalue weighted by Crippen LogP contribution is 2.27. The van der Waals surface area contributed by atoms with E-state index in [0.29, 0.717) is 17.5 Å². The van der Waals surface area contributed by atoms with E-state index in [9.17, 15) is 0 Å². The summed E-state index contributed by atoms with van der Waals surface area (Å²) in [6, 6.07) is 1.99. The summed E-state index contributed by atoms with van der Waals surface area (Å²) in [5.41, 5.74) is 1.90. The second-order valence-electron chi connectivity index (χ2n) is 4.44. The first-order valence-corrected chi connectivity index (χ1v) is 8.22. The normalized spacial score (nSPS) is 11.2. The Morgan fingerprint density at radius 1 is 1.43 bits per heavy atom. The Bertz CT molecular complexity index is 734. The Labute approximate surface area is 129 Å². The maximum absolute atomic E-state index is 9.11. The lowest BCUT2D eigenvalue weighted by molar-refractivity contribution is 0.266. The molecule has 0 spiro atoms. The molecule has 0 unspecified atom stereocenters. The molecule has 110 valence electrons. The minimum atomic E-state index is -0.116. The van der Waals surface area contributed by atoms with E-state index < -0.39 is 0 Å². The van der Waals surface area contributed by atoms with E-state index in [1.165, 1.54) is 11.8 Å². The number of nitrogens with zero attached hydrogens (tertiary/aromatic N) is 4. The highest BCUT2D eigenvalue weighted by atomic mass is 32.2. The zero-order valence-corrected chi connectivity index (χ0v) is 13.2. The van der Waals surface area contributed by atoms with Crippen LogP contribution < -0.4 is 0 Å². The quantitative estimate of drug-likeness (QED) is 0.728. The van der Waals surface area contributed by atoms with Crippen molar-refractivity contribution in [3.05, 3.63) is 34.1 Å². The Morgan fingerprint density at radius 3 is 2.95 bits per heavy atom. The van der Waals surface area contributed by atoms with Crippen LogP contribution in [0.3, 0.4) is 0 Å². The van der Waals surface area contributed by atoms with Crippen molar-refractivity contribution in [2.45, 2.75) is 24.4 Å². The molecule has 0 saturated carbocycles. The number of aliphatic hydroxyl groups is 1. The van der Waals surface area contributed by atoms with Crippen LogP contribution in [0.25, 0.3) is 11.5 Å². The standard InChI is InChI=1S/C13H14N4O2S2/c1-8-10(14-12(19-8)9-3-4-20-6-9)7-21-13-16-15-11(5-18)17(13)2/h3-4,6,18H,5,7H2,1-2H3. The Balaban J connectivity index is 1.75. The predicted molar refractivity (Wildman–Crippen MR) is 81.0 cm³/mol. The van der Waals surface area contributed by atoms with E-state index in [0.717, 1.165) is 22.2 Å². The lowest BCUT2D eigenvalue weighted by Crippen LogP contribution is -1.98. The van der Waals surface area contributed by atoms with Crippen LogP contribution in [0.15, 0.2) is 26.4 Å². The van der Waals surface area contributed by atoms with Gasteiger partial charge in [0, 0.05) is 23.7 Å². The van der Waals surface area contributed by atoms with E-state index in [1.54, 1.807) is 15.9 Å². The molecule has 0 aliphatic heterocycles. The number of hydrogen-bond donors (Lipinski definition) is 1. The molecular weight excluding hydrogens is 308 g/mol. The van der Waals surface area contributed by atoms with Gasteiger partial charge in [0.05, 0.1) is 5.69 Å². The van der Waals surface area contributed by atoms with Crippen molar-refractivity contribution in [1.82, 2.24) is 19.7 Å². The van der Waals surface area contributed by atoms with Crippen LogP contribution in [0.4, 0.5) is 0 Å². The highest BCUT2D eigenvalue weighted by molar-refractivity contribution is 7.98. The van der Waals surface area contributed by atoms with E-state index in [1.807, 2.05) is 30.8 Å². The molecule has 3 aromatic heterocycles. The van der Waals surface area contributed by atoms with Crippen LogP contribution in [-0.2, 0) is 19.4 Å². The summed E-state index contributed by atoms with van der Waals surface area (Å²) in [4.78, 5) is 4.54. The molecule has 0 aliphatic rings. The first kappa shape index (κ1) is 14.3. The molecule has 8 heteroatoms. The number of oxazole rings is 1. The molecule has 1 N–H and O–H groups in total. The highest BCUT2D eigenvalue weighted by Gasteiger charge is 2.14. The van der Waals surface area contributed by atoms with Crippen molar-refractivity contribution in [2.24, 2.45) is 7.05 Å². The zero-order valence-electron chi connectivity index (χ0n) is 11.6. The average molecular weight is 322 g/mol. The zero-order chi connectivity index (χ0) is 14.8. The number of aryl methyl sites for hydroxylation is 1. The molecule has 0 aromatic carbocycles. The van der Waals surface area contributed by atoms with Gasteiger partial charge in [0.1, 0.15) is 12.4 Å². The maximum atomic E-state index is 9.11. The topological polar surface area (TPSA) is 77.0 Å². The summed E-state index contributed by atoms with van der Waals surface area (Å²) in [5, 5.41) is 21.8. The van der Waals surface area contributed by atoms with Gasteiger partial charge in [0.15, 0.2) is 11.0 Å². The van der Waals surface area contributed by atoms with Crippen LogP contribution >= 0.6 is 23.1 Å². The SMILES string of the molecule is Cc1oc(-c2ccsc2)nc1CSc1nnc(CO)n1C. The molecule has 0 fully saturated rings. The van der Waals surface area contributed by atoms with Gasteiger partial charge in [-0.3, -0.25) is 0 Å². The number of aromatic nitrogens is 4. The monoisotopic (exact) mass is 322 g/mol. The lowest BCUT2D eigenvalue weighted by Gasteiger charge is -2.00. The largest absolute Gasteiger partial charge is 0.441 e. The average Bonchev–Trinajstić information content (AvgIpc) is 3.17. The number of thioether (sulfide) groups is 1. The third-order valence-corrected chi connectivity index (χ3v) is 4.78. The minimum absolute atomic E-state index is 0.116. The molecule has 0 bridgehead atoms. The van der Waals surface area contributed by atoms with Crippen molar-refractivity contribution in [3.63, 3.8) is 0 Å². The first-order chi connectivity index (χ1) is 10.2. The third kappa shape index (κ3) is 2.87. The fourth-order valence-electron chi connectivity index (χ4n) is 1.81. The van der Waals surface area contributed by atoms with Gasteiger partial charge in [0.2, 0.25) is 5.89 Å². The molecule has 0 aliphatic carbocycles. The summed E-state index contributed by atoms with van der Waals surface area (Å²) < 4.78 is 7.48. The molecule has 0 saturated heterocycles. The van der Waals surface area contributed by atoms with Crippen LogP contribution in [-0.4, -0.2) is 24.9 Å². The van der Waals surface area contributed by atoms with Gasteiger partial charge in [-0.05, 0) is 18.4 Å². The van der Waals surface area contributed by atoms with Crippen LogP contribution in [0, 0.1) is 6.92 Å². The number of rotatable bonds is 5. The lowest BCUT2D eigenvalue weighted by atomic mass is 10.3. The van der Waals surface area contributed by atoms with Crippen molar-refractivity contribution >= 4 is 23.1 Å². The van der Waals surface area contributed by atoms with Crippen molar-refractivity contribution in [1.29, 1.82) is 0 Å². The van der Waals surface area contributed by atoms with Crippen LogP contribution in [0.5, 0.6) is 0 Å². The molecule has 6 nitrogen and oxygen atoms in total. The van der Waals surface area contributed by atoms with Crippen LogP contribution in [0.1, 0.15) is 17.3 Å².